The number of para-hydroxylation sites is 1. The van der Waals surface area contributed by atoms with Crippen molar-refractivity contribution in [3.8, 4) is 0 Å². The lowest BCUT2D eigenvalue weighted by Crippen LogP contribution is -2.37. The fourth-order valence-electron chi connectivity index (χ4n) is 4.09. The number of imide groups is 1. The molecular weight excluding hydrogens is 426 g/mol. The van der Waals surface area contributed by atoms with Crippen molar-refractivity contribution in [2.45, 2.75) is 12.1 Å². The average Bonchev–Trinajstić information content (AvgIpc) is 3.28. The number of anilines is 2. The van der Waals surface area contributed by atoms with Crippen LogP contribution in [0, 0.1) is 17.6 Å². The van der Waals surface area contributed by atoms with E-state index in [9.17, 15) is 18.4 Å². The maximum atomic E-state index is 14.1. The zero-order valence-electron chi connectivity index (χ0n) is 15.9. The van der Waals surface area contributed by atoms with Crippen LogP contribution in [0.1, 0.15) is 11.6 Å². The summed E-state index contributed by atoms with van der Waals surface area (Å²) in [5, 5.41) is 1.89. The minimum atomic E-state index is -1.10. The second-order valence-electron chi connectivity index (χ2n) is 7.32. The molecule has 2 aliphatic heterocycles. The predicted molar refractivity (Wildman–Crippen MR) is 110 cm³/mol. The van der Waals surface area contributed by atoms with Gasteiger partial charge < -0.3 is 0 Å². The molecule has 0 bridgehead atoms. The normalized spacial score (nSPS) is 22.9. The van der Waals surface area contributed by atoms with Crippen LogP contribution < -0.4 is 9.96 Å². The number of halogens is 3. The molecule has 5 nitrogen and oxygen atoms in total. The van der Waals surface area contributed by atoms with Crippen molar-refractivity contribution >= 4 is 34.8 Å². The van der Waals surface area contributed by atoms with Gasteiger partial charge in [0.1, 0.15) is 5.92 Å². The zero-order valence-corrected chi connectivity index (χ0v) is 16.7. The Balaban J connectivity index is 1.60. The quantitative estimate of drug-likeness (QED) is 0.555. The highest BCUT2D eigenvalue weighted by atomic mass is 35.5. The lowest BCUT2D eigenvalue weighted by molar-refractivity contribution is -0.126. The van der Waals surface area contributed by atoms with E-state index in [2.05, 4.69) is 0 Å². The van der Waals surface area contributed by atoms with Gasteiger partial charge in [0.25, 0.3) is 5.91 Å². The summed E-state index contributed by atoms with van der Waals surface area (Å²) in [6.45, 7) is 0. The first kappa shape index (κ1) is 19.7. The minimum absolute atomic E-state index is 0.328. The number of nitrogens with zero attached hydrogens (tertiary/aromatic N) is 2. The Morgan fingerprint density at radius 3 is 2.19 bits per heavy atom. The van der Waals surface area contributed by atoms with Crippen molar-refractivity contribution in [2.24, 2.45) is 5.92 Å². The Morgan fingerprint density at radius 1 is 0.806 bits per heavy atom. The summed E-state index contributed by atoms with van der Waals surface area (Å²) in [6.07, 6.45) is -1.10. The minimum Gasteiger partial charge on any atom is -0.273 e. The Hall–Kier alpha value is -3.29. The van der Waals surface area contributed by atoms with Gasteiger partial charge >= 0.3 is 0 Å². The van der Waals surface area contributed by atoms with E-state index in [0.29, 0.717) is 22.0 Å². The molecule has 0 N–H and O–H groups in total. The largest absolute Gasteiger partial charge is 0.273 e. The third-order valence-electron chi connectivity index (χ3n) is 5.50. The van der Waals surface area contributed by atoms with Crippen molar-refractivity contribution in [1.82, 2.24) is 0 Å². The molecular formula is C23H15ClF2N2O3. The molecule has 8 heteroatoms. The van der Waals surface area contributed by atoms with Crippen LogP contribution in [0.2, 0.25) is 5.02 Å². The van der Waals surface area contributed by atoms with Crippen molar-refractivity contribution in [3.05, 3.63) is 95.0 Å². The third-order valence-corrected chi connectivity index (χ3v) is 5.75. The molecule has 156 valence electrons. The highest BCUT2D eigenvalue weighted by molar-refractivity contribution is 6.31. The lowest BCUT2D eigenvalue weighted by Gasteiger charge is -2.28. The summed E-state index contributed by atoms with van der Waals surface area (Å²) in [5.74, 6) is -3.98. The predicted octanol–water partition coefficient (Wildman–Crippen LogP) is 4.67. The number of carbonyl (C=O) groups is 2. The molecule has 3 aromatic carbocycles. The summed E-state index contributed by atoms with van der Waals surface area (Å²) < 4.78 is 27.6. The van der Waals surface area contributed by atoms with Crippen LogP contribution in [-0.2, 0) is 14.4 Å². The van der Waals surface area contributed by atoms with E-state index in [1.807, 2.05) is 6.07 Å². The lowest BCUT2D eigenvalue weighted by atomic mass is 9.90. The molecule has 0 spiro atoms. The van der Waals surface area contributed by atoms with Crippen molar-refractivity contribution in [3.63, 3.8) is 0 Å². The summed E-state index contributed by atoms with van der Waals surface area (Å²) in [5.41, 5.74) is 1.28. The Bertz CT molecular complexity index is 1170. The summed E-state index contributed by atoms with van der Waals surface area (Å²) in [4.78, 5) is 33.5. The van der Waals surface area contributed by atoms with Crippen LogP contribution in [0.15, 0.2) is 72.8 Å². The van der Waals surface area contributed by atoms with Gasteiger partial charge in [0.15, 0.2) is 17.7 Å². The van der Waals surface area contributed by atoms with E-state index in [1.54, 1.807) is 48.5 Å². The van der Waals surface area contributed by atoms with Gasteiger partial charge in [0.05, 0.1) is 17.4 Å². The summed E-state index contributed by atoms with van der Waals surface area (Å²) in [7, 11) is 0. The van der Waals surface area contributed by atoms with Crippen molar-refractivity contribution in [1.29, 1.82) is 0 Å². The molecule has 2 heterocycles. The average molecular weight is 441 g/mol. The van der Waals surface area contributed by atoms with Gasteiger partial charge in [-0.3, -0.25) is 14.4 Å². The van der Waals surface area contributed by atoms with Gasteiger partial charge in [0.2, 0.25) is 5.91 Å². The van der Waals surface area contributed by atoms with E-state index in [4.69, 9.17) is 16.4 Å². The molecule has 31 heavy (non-hydrogen) atoms. The van der Waals surface area contributed by atoms with Crippen LogP contribution in [-0.4, -0.2) is 17.9 Å². The van der Waals surface area contributed by atoms with E-state index in [1.165, 1.54) is 11.1 Å². The van der Waals surface area contributed by atoms with Crippen LogP contribution >= 0.6 is 11.6 Å². The standard InChI is InChI=1S/C23H15ClF2N2O3/c24-14-7-9-15(10-8-14)27-22(29)19-20(13-6-11-17(25)18(26)12-13)28(31-21(19)23(27)30)16-4-2-1-3-5-16/h1-12,19-21H/t19-,20-,21-/m0/s1. The number of hydrogen-bond acceptors (Lipinski definition) is 4. The topological polar surface area (TPSA) is 49.9 Å². The van der Waals surface area contributed by atoms with E-state index in [-0.39, 0.29) is 0 Å². The maximum Gasteiger partial charge on any atom is 0.266 e. The number of hydroxylamine groups is 1. The first-order valence-corrected chi connectivity index (χ1v) is 9.93. The van der Waals surface area contributed by atoms with Crippen molar-refractivity contribution in [2.75, 3.05) is 9.96 Å². The summed E-state index contributed by atoms with van der Waals surface area (Å²) in [6, 6.07) is 17.8. The fourth-order valence-corrected chi connectivity index (χ4v) is 4.22. The molecule has 2 amide bonds. The zero-order chi connectivity index (χ0) is 21.7. The van der Waals surface area contributed by atoms with Crippen LogP contribution in [0.4, 0.5) is 20.2 Å². The first-order valence-electron chi connectivity index (χ1n) is 9.55. The molecule has 0 aromatic heterocycles. The molecule has 2 saturated heterocycles. The van der Waals surface area contributed by atoms with E-state index < -0.39 is 41.5 Å². The molecule has 0 saturated carbocycles. The second kappa shape index (κ2) is 7.44. The van der Waals surface area contributed by atoms with Gasteiger partial charge in [-0.05, 0) is 54.1 Å². The number of carbonyl (C=O) groups excluding carboxylic acids is 2. The molecule has 3 aromatic rings. The smallest absolute Gasteiger partial charge is 0.266 e. The SMILES string of the molecule is O=C1[C@@H]2[C@H](ON(c3ccccc3)[C@H]2c2ccc(F)c(F)c2)C(=O)N1c1ccc(Cl)cc1. The highest BCUT2D eigenvalue weighted by Gasteiger charge is 2.60. The second-order valence-corrected chi connectivity index (χ2v) is 7.76. The van der Waals surface area contributed by atoms with Gasteiger partial charge in [0, 0.05) is 5.02 Å². The van der Waals surface area contributed by atoms with Gasteiger partial charge in [-0.2, -0.15) is 0 Å². The Labute approximate surface area is 181 Å². The number of hydrogen-bond donors (Lipinski definition) is 0. The maximum absolute atomic E-state index is 14.1. The monoisotopic (exact) mass is 440 g/mol. The van der Waals surface area contributed by atoms with Gasteiger partial charge in [-0.15, -0.1) is 0 Å². The van der Waals surface area contributed by atoms with Crippen LogP contribution in [0.25, 0.3) is 0 Å². The molecule has 0 unspecified atom stereocenters. The number of amides is 2. The Morgan fingerprint density at radius 2 is 1.52 bits per heavy atom. The molecule has 0 radical (unpaired) electrons. The number of benzene rings is 3. The highest BCUT2D eigenvalue weighted by Crippen LogP contribution is 2.47. The Kier molecular flexibility index (Phi) is 4.72. The van der Waals surface area contributed by atoms with Crippen LogP contribution in [0.3, 0.4) is 0 Å². The fraction of sp³-hybridized carbons (Fsp3) is 0.130. The molecule has 2 aliphatic rings. The number of fused-ring (bicyclic) bond motifs is 1. The van der Waals surface area contributed by atoms with Crippen LogP contribution in [0.5, 0.6) is 0 Å². The summed E-state index contributed by atoms with van der Waals surface area (Å²) >= 11 is 5.92. The first-order chi connectivity index (χ1) is 15.0. The van der Waals surface area contributed by atoms with E-state index >= 15 is 0 Å². The van der Waals surface area contributed by atoms with Gasteiger partial charge in [-0.1, -0.05) is 35.9 Å². The molecule has 0 aliphatic carbocycles. The molecule has 2 fully saturated rings. The van der Waals surface area contributed by atoms with Gasteiger partial charge in [-0.25, -0.2) is 18.7 Å². The number of rotatable bonds is 3. The third kappa shape index (κ3) is 3.17. The molecule has 5 rings (SSSR count). The van der Waals surface area contributed by atoms with Crippen molar-refractivity contribution < 1.29 is 23.2 Å². The van der Waals surface area contributed by atoms with E-state index in [0.717, 1.165) is 17.0 Å². The molecule has 3 atom stereocenters.